The summed E-state index contributed by atoms with van der Waals surface area (Å²) < 4.78 is 22.6. The Morgan fingerprint density at radius 3 is 2.07 bits per heavy atom. The summed E-state index contributed by atoms with van der Waals surface area (Å²) in [5, 5.41) is -0.593. The summed E-state index contributed by atoms with van der Waals surface area (Å²) in [6.07, 6.45) is 1.45. The van der Waals surface area contributed by atoms with E-state index in [1.165, 1.54) is 5.56 Å². The molecule has 4 heteroatoms. The van der Waals surface area contributed by atoms with Crippen LogP contribution in [0.25, 0.3) is 0 Å². The fraction of sp³-hybridized carbons (Fsp3) is 0.455. The molecule has 0 saturated heterocycles. The van der Waals surface area contributed by atoms with Gasteiger partial charge in [0, 0.05) is 10.7 Å². The van der Waals surface area contributed by atoms with Crippen LogP contribution in [0.15, 0.2) is 24.3 Å². The largest absolute Gasteiger partial charge is 0.239 e. The van der Waals surface area contributed by atoms with Crippen LogP contribution < -0.4 is 0 Å². The number of hydrogen-bond donors (Lipinski definition) is 0. The van der Waals surface area contributed by atoms with Crippen LogP contribution in [0.2, 0.25) is 0 Å². The van der Waals surface area contributed by atoms with Crippen LogP contribution in [0.5, 0.6) is 0 Å². The normalized spacial score (nSPS) is 13.8. The third-order valence-corrected chi connectivity index (χ3v) is 4.40. The third-order valence-electron chi connectivity index (χ3n) is 2.47. The molecule has 2 nitrogen and oxygen atoms in total. The average Bonchev–Trinajstić information content (AvgIpc) is 2.18. The van der Waals surface area contributed by atoms with Gasteiger partial charge in [0.15, 0.2) is 0 Å². The monoisotopic (exact) mass is 246 g/mol. The van der Waals surface area contributed by atoms with E-state index in [0.717, 1.165) is 12.0 Å². The molecule has 15 heavy (non-hydrogen) atoms. The molecule has 84 valence electrons. The molecule has 0 aliphatic heterocycles. The Hall–Kier alpha value is -0.540. The van der Waals surface area contributed by atoms with Crippen molar-refractivity contribution in [2.24, 2.45) is 0 Å². The summed E-state index contributed by atoms with van der Waals surface area (Å²) >= 11 is 0. The fourth-order valence-electron chi connectivity index (χ4n) is 1.57. The molecule has 0 fully saturated rings. The number of aryl methyl sites for hydroxylation is 1. The molecule has 1 rings (SSSR count). The Labute approximate surface area is 95.7 Å². The van der Waals surface area contributed by atoms with Gasteiger partial charge in [0.2, 0.25) is 9.05 Å². The average molecular weight is 247 g/mol. The first kappa shape index (κ1) is 12.5. The van der Waals surface area contributed by atoms with E-state index in [4.69, 9.17) is 10.7 Å². The Balaban J connectivity index is 3.04. The minimum atomic E-state index is -3.52. The van der Waals surface area contributed by atoms with Gasteiger partial charge in [-0.05, 0) is 24.0 Å². The molecule has 0 spiro atoms. The second-order valence-corrected chi connectivity index (χ2v) is 6.28. The molecule has 1 aromatic carbocycles. The van der Waals surface area contributed by atoms with E-state index in [1.54, 1.807) is 0 Å². The van der Waals surface area contributed by atoms with Crippen LogP contribution in [0, 0.1) is 0 Å². The number of hydrogen-bond acceptors (Lipinski definition) is 2. The van der Waals surface area contributed by atoms with E-state index in [-0.39, 0.29) is 0 Å². The van der Waals surface area contributed by atoms with Crippen molar-refractivity contribution in [1.82, 2.24) is 0 Å². The molecular formula is C11H15ClO2S. The highest BCUT2D eigenvalue weighted by atomic mass is 35.7. The van der Waals surface area contributed by atoms with Gasteiger partial charge in [-0.1, -0.05) is 38.1 Å². The lowest BCUT2D eigenvalue weighted by atomic mass is 10.1. The molecule has 0 saturated carbocycles. The number of rotatable bonds is 4. The maximum Gasteiger partial charge on any atom is 0.239 e. The number of halogens is 1. The molecule has 1 atom stereocenters. The van der Waals surface area contributed by atoms with Gasteiger partial charge < -0.3 is 0 Å². The van der Waals surface area contributed by atoms with Crippen molar-refractivity contribution in [3.8, 4) is 0 Å². The Bertz CT molecular complexity index is 409. The zero-order chi connectivity index (χ0) is 11.5. The van der Waals surface area contributed by atoms with Gasteiger partial charge in [-0.3, -0.25) is 0 Å². The molecule has 0 radical (unpaired) electrons. The minimum absolute atomic E-state index is 0.497. The van der Waals surface area contributed by atoms with E-state index in [2.05, 4.69) is 6.92 Å². The van der Waals surface area contributed by atoms with E-state index in [9.17, 15) is 8.42 Å². The Kier molecular flexibility index (Phi) is 4.17. The van der Waals surface area contributed by atoms with Crippen LogP contribution in [0.4, 0.5) is 0 Å². The first-order valence-corrected chi connectivity index (χ1v) is 7.38. The summed E-state index contributed by atoms with van der Waals surface area (Å²) in [4.78, 5) is 0. The van der Waals surface area contributed by atoms with E-state index < -0.39 is 14.3 Å². The zero-order valence-corrected chi connectivity index (χ0v) is 10.5. The quantitative estimate of drug-likeness (QED) is 0.765. The highest BCUT2D eigenvalue weighted by Gasteiger charge is 2.22. The molecule has 0 bridgehead atoms. The highest BCUT2D eigenvalue weighted by molar-refractivity contribution is 8.13. The van der Waals surface area contributed by atoms with Gasteiger partial charge in [-0.25, -0.2) is 8.42 Å². The van der Waals surface area contributed by atoms with Crippen molar-refractivity contribution in [3.05, 3.63) is 35.4 Å². The van der Waals surface area contributed by atoms with Gasteiger partial charge >= 0.3 is 0 Å². The lowest BCUT2D eigenvalue weighted by molar-refractivity contribution is 0.594. The Morgan fingerprint density at radius 2 is 1.73 bits per heavy atom. The van der Waals surface area contributed by atoms with Gasteiger partial charge in [0.25, 0.3) is 0 Å². The second-order valence-electron chi connectivity index (χ2n) is 3.47. The van der Waals surface area contributed by atoms with E-state index in [1.807, 2.05) is 31.2 Å². The first-order valence-electron chi connectivity index (χ1n) is 5.01. The minimum Gasteiger partial charge on any atom is -0.212 e. The van der Waals surface area contributed by atoms with Gasteiger partial charge in [-0.2, -0.15) is 0 Å². The molecule has 0 heterocycles. The molecule has 1 unspecified atom stereocenters. The van der Waals surface area contributed by atoms with Crippen LogP contribution in [0.1, 0.15) is 36.6 Å². The van der Waals surface area contributed by atoms with Crippen molar-refractivity contribution in [2.45, 2.75) is 31.9 Å². The molecule has 0 aromatic heterocycles. The third kappa shape index (κ3) is 3.21. The molecular weight excluding hydrogens is 232 g/mol. The number of benzene rings is 1. The summed E-state index contributed by atoms with van der Waals surface area (Å²) in [6.45, 7) is 3.88. The van der Waals surface area contributed by atoms with Gasteiger partial charge in [-0.15, -0.1) is 0 Å². The summed E-state index contributed by atoms with van der Waals surface area (Å²) in [5.74, 6) is 0. The highest BCUT2D eigenvalue weighted by Crippen LogP contribution is 2.28. The maximum absolute atomic E-state index is 11.3. The van der Waals surface area contributed by atoms with Crippen molar-refractivity contribution in [2.75, 3.05) is 0 Å². The molecule has 0 amide bonds. The maximum atomic E-state index is 11.3. The lowest BCUT2D eigenvalue weighted by Gasteiger charge is -2.11. The van der Waals surface area contributed by atoms with Crippen molar-refractivity contribution in [3.63, 3.8) is 0 Å². The Morgan fingerprint density at radius 1 is 1.20 bits per heavy atom. The smallest absolute Gasteiger partial charge is 0.212 e. The standard InChI is InChI=1S/C11H15ClO2S/c1-3-9-5-7-10(8-6-9)11(4-2)15(12,13)14/h5-8,11H,3-4H2,1-2H3. The molecule has 1 aromatic rings. The summed E-state index contributed by atoms with van der Waals surface area (Å²) in [7, 11) is 1.86. The van der Waals surface area contributed by atoms with Gasteiger partial charge in [0.1, 0.15) is 5.25 Å². The van der Waals surface area contributed by atoms with Crippen molar-refractivity contribution >= 4 is 19.7 Å². The lowest BCUT2D eigenvalue weighted by Crippen LogP contribution is -2.06. The fourth-order valence-corrected chi connectivity index (χ4v) is 3.13. The van der Waals surface area contributed by atoms with Crippen molar-refractivity contribution in [1.29, 1.82) is 0 Å². The predicted molar refractivity (Wildman–Crippen MR) is 63.6 cm³/mol. The summed E-state index contributed by atoms with van der Waals surface area (Å²) in [6, 6.07) is 7.57. The van der Waals surface area contributed by atoms with E-state index in [0.29, 0.717) is 6.42 Å². The molecule has 0 aliphatic rings. The molecule has 0 aliphatic carbocycles. The second kappa shape index (κ2) is 4.99. The van der Waals surface area contributed by atoms with Crippen LogP contribution in [-0.4, -0.2) is 8.42 Å². The SMILES string of the molecule is CCc1ccc(C(CC)S(=O)(=O)Cl)cc1. The van der Waals surface area contributed by atoms with Crippen LogP contribution in [0.3, 0.4) is 0 Å². The zero-order valence-electron chi connectivity index (χ0n) is 8.90. The first-order chi connectivity index (χ1) is 6.99. The summed E-state index contributed by atoms with van der Waals surface area (Å²) in [5.41, 5.74) is 1.96. The van der Waals surface area contributed by atoms with E-state index >= 15 is 0 Å². The predicted octanol–water partition coefficient (Wildman–Crippen LogP) is 3.27. The van der Waals surface area contributed by atoms with Crippen molar-refractivity contribution < 1.29 is 8.42 Å². The van der Waals surface area contributed by atoms with Crippen LogP contribution in [-0.2, 0) is 15.5 Å². The van der Waals surface area contributed by atoms with Gasteiger partial charge in [0.05, 0.1) is 0 Å². The van der Waals surface area contributed by atoms with Crippen LogP contribution >= 0.6 is 10.7 Å². The topological polar surface area (TPSA) is 34.1 Å². The molecule has 0 N–H and O–H groups in total.